The van der Waals surface area contributed by atoms with E-state index in [1.807, 2.05) is 66.5 Å². The summed E-state index contributed by atoms with van der Waals surface area (Å²) < 4.78 is 5.85. The summed E-state index contributed by atoms with van der Waals surface area (Å²) in [5, 5.41) is 9.11. The molecule has 1 heterocycles. The van der Waals surface area contributed by atoms with Crippen molar-refractivity contribution < 1.29 is 19.5 Å². The molecule has 7 heteroatoms. The molecule has 1 aliphatic carbocycles. The maximum atomic E-state index is 13.4. The quantitative estimate of drug-likeness (QED) is 0.527. The van der Waals surface area contributed by atoms with E-state index in [-0.39, 0.29) is 5.91 Å². The first-order valence-electron chi connectivity index (χ1n) is 10.7. The highest BCUT2D eigenvalue weighted by molar-refractivity contribution is 5.96. The number of likely N-dealkylation sites (N-methyl/N-ethyl adjacent to an activating group) is 1. The summed E-state index contributed by atoms with van der Waals surface area (Å²) in [4.78, 5) is 29.6. The van der Waals surface area contributed by atoms with Crippen molar-refractivity contribution >= 4 is 11.8 Å². The topological polar surface area (TPSA) is 82.1 Å². The van der Waals surface area contributed by atoms with Gasteiger partial charge >= 0.3 is 0 Å². The fraction of sp³-hybridized carbons (Fsp3) is 0.417. The molecule has 164 valence electrons. The van der Waals surface area contributed by atoms with Crippen LogP contribution in [0.4, 0.5) is 0 Å². The van der Waals surface area contributed by atoms with Crippen LogP contribution < -0.4 is 10.2 Å². The summed E-state index contributed by atoms with van der Waals surface area (Å²) in [5.74, 6) is -0.213. The van der Waals surface area contributed by atoms with Crippen LogP contribution in [0.2, 0.25) is 0 Å². The molecule has 0 radical (unpaired) electrons. The number of piperazine rings is 1. The van der Waals surface area contributed by atoms with Gasteiger partial charge < -0.3 is 14.5 Å². The number of hydroxylamine groups is 1. The second kappa shape index (κ2) is 9.08. The van der Waals surface area contributed by atoms with E-state index in [4.69, 9.17) is 9.94 Å². The Hall–Kier alpha value is -2.90. The van der Waals surface area contributed by atoms with Crippen LogP contribution in [0.5, 0.6) is 5.75 Å². The summed E-state index contributed by atoms with van der Waals surface area (Å²) in [6, 6.07) is 17.7. The molecule has 2 atom stereocenters. The molecule has 2 aromatic carbocycles. The van der Waals surface area contributed by atoms with Gasteiger partial charge in [-0.1, -0.05) is 42.5 Å². The average Bonchev–Trinajstić information content (AvgIpc) is 3.54. The second-order valence-electron chi connectivity index (χ2n) is 8.58. The first kappa shape index (κ1) is 21.3. The van der Waals surface area contributed by atoms with Gasteiger partial charge in [-0.2, -0.15) is 0 Å². The fourth-order valence-electron chi connectivity index (χ4n) is 4.37. The lowest BCUT2D eigenvalue weighted by Gasteiger charge is -2.35. The number of hydrogen-bond acceptors (Lipinski definition) is 5. The van der Waals surface area contributed by atoms with E-state index in [1.165, 1.54) is 0 Å². The lowest BCUT2D eigenvalue weighted by atomic mass is 9.91. The maximum Gasteiger partial charge on any atom is 0.247 e. The number of carbonyl (C=O) groups excluding carboxylic acids is 2. The predicted molar refractivity (Wildman–Crippen MR) is 115 cm³/mol. The fourth-order valence-corrected chi connectivity index (χ4v) is 4.37. The van der Waals surface area contributed by atoms with Gasteiger partial charge in [0.2, 0.25) is 11.8 Å². The Balaban J connectivity index is 1.43. The van der Waals surface area contributed by atoms with Crippen molar-refractivity contribution in [3.63, 3.8) is 0 Å². The van der Waals surface area contributed by atoms with Gasteiger partial charge in [-0.25, -0.2) is 5.48 Å². The van der Waals surface area contributed by atoms with Gasteiger partial charge in [0.25, 0.3) is 0 Å². The minimum atomic E-state index is -0.783. The third kappa shape index (κ3) is 4.73. The second-order valence-corrected chi connectivity index (χ2v) is 8.58. The third-order valence-electron chi connectivity index (χ3n) is 6.41. The van der Waals surface area contributed by atoms with E-state index < -0.39 is 17.2 Å². The zero-order valence-corrected chi connectivity index (χ0v) is 17.8. The van der Waals surface area contributed by atoms with Crippen LogP contribution in [0.25, 0.3) is 0 Å². The molecule has 0 spiro atoms. The van der Waals surface area contributed by atoms with Crippen molar-refractivity contribution in [3.8, 4) is 5.75 Å². The molecule has 1 aliphatic heterocycles. The SMILES string of the molecule is CN1CCN(C(=O)C2(Cc3ccc(OCc4ccccc4)cc3)CC2C(=O)NO)CC1. The number of amides is 2. The highest BCUT2D eigenvalue weighted by Crippen LogP contribution is 2.56. The van der Waals surface area contributed by atoms with Crippen molar-refractivity contribution in [2.24, 2.45) is 11.3 Å². The normalized spacial score (nSPS) is 23.3. The minimum Gasteiger partial charge on any atom is -0.489 e. The lowest BCUT2D eigenvalue weighted by Crippen LogP contribution is -2.50. The number of nitrogens with one attached hydrogen (secondary N) is 1. The highest BCUT2D eigenvalue weighted by Gasteiger charge is 2.64. The molecule has 2 aromatic rings. The first-order valence-corrected chi connectivity index (χ1v) is 10.7. The molecular formula is C24H29N3O4. The standard InChI is InChI=1S/C24H29N3O4/c1-26-11-13-27(14-12-26)23(29)24(16-21(24)22(28)25-30)15-18-7-9-20(10-8-18)31-17-19-5-3-2-4-6-19/h2-10,21,30H,11-17H2,1H3,(H,25,28). The zero-order chi connectivity index (χ0) is 21.8. The summed E-state index contributed by atoms with van der Waals surface area (Å²) in [5.41, 5.74) is 3.02. The van der Waals surface area contributed by atoms with Crippen molar-refractivity contribution in [2.75, 3.05) is 33.2 Å². The van der Waals surface area contributed by atoms with Crippen LogP contribution in [0.15, 0.2) is 54.6 Å². The molecule has 2 amide bonds. The Morgan fingerprint density at radius 3 is 2.35 bits per heavy atom. The number of rotatable bonds is 7. The van der Waals surface area contributed by atoms with Gasteiger partial charge in [-0.3, -0.25) is 14.8 Å². The molecule has 0 bridgehead atoms. The molecule has 2 fully saturated rings. The van der Waals surface area contributed by atoms with Crippen molar-refractivity contribution in [2.45, 2.75) is 19.4 Å². The molecule has 4 rings (SSSR count). The van der Waals surface area contributed by atoms with Gasteiger partial charge in [0.05, 0.1) is 11.3 Å². The molecule has 2 aliphatic rings. The predicted octanol–water partition coefficient (Wildman–Crippen LogP) is 2.09. The van der Waals surface area contributed by atoms with Crippen molar-refractivity contribution in [3.05, 3.63) is 65.7 Å². The molecule has 31 heavy (non-hydrogen) atoms. The van der Waals surface area contributed by atoms with Crippen LogP contribution in [0, 0.1) is 11.3 Å². The Bertz CT molecular complexity index is 910. The van der Waals surface area contributed by atoms with E-state index in [0.29, 0.717) is 32.5 Å². The molecule has 2 N–H and O–H groups in total. The van der Waals surface area contributed by atoms with Crippen LogP contribution in [0.3, 0.4) is 0 Å². The zero-order valence-electron chi connectivity index (χ0n) is 17.8. The number of hydrogen-bond donors (Lipinski definition) is 2. The summed E-state index contributed by atoms with van der Waals surface area (Å²) >= 11 is 0. The van der Waals surface area contributed by atoms with Crippen LogP contribution in [-0.4, -0.2) is 60.0 Å². The molecule has 7 nitrogen and oxygen atoms in total. The van der Waals surface area contributed by atoms with Crippen LogP contribution in [0.1, 0.15) is 17.5 Å². The van der Waals surface area contributed by atoms with Crippen molar-refractivity contribution in [1.82, 2.24) is 15.3 Å². The number of benzene rings is 2. The summed E-state index contributed by atoms with van der Waals surface area (Å²) in [6.07, 6.45) is 0.923. The van der Waals surface area contributed by atoms with Crippen LogP contribution in [-0.2, 0) is 22.6 Å². The molecule has 2 unspecified atom stereocenters. The highest BCUT2D eigenvalue weighted by atomic mass is 16.5. The number of nitrogens with zero attached hydrogens (tertiary/aromatic N) is 2. The van der Waals surface area contributed by atoms with Gasteiger partial charge in [0.1, 0.15) is 12.4 Å². The smallest absolute Gasteiger partial charge is 0.247 e. The van der Waals surface area contributed by atoms with Gasteiger partial charge in [-0.15, -0.1) is 0 Å². The Morgan fingerprint density at radius 2 is 1.71 bits per heavy atom. The monoisotopic (exact) mass is 423 g/mol. The van der Waals surface area contributed by atoms with Gasteiger partial charge in [-0.05, 0) is 43.1 Å². The third-order valence-corrected chi connectivity index (χ3v) is 6.41. The Kier molecular flexibility index (Phi) is 6.25. The van der Waals surface area contributed by atoms with E-state index in [0.717, 1.165) is 30.0 Å². The Labute approximate surface area is 182 Å². The van der Waals surface area contributed by atoms with E-state index >= 15 is 0 Å². The number of ether oxygens (including phenoxy) is 1. The molecule has 1 saturated carbocycles. The maximum absolute atomic E-state index is 13.4. The summed E-state index contributed by atoms with van der Waals surface area (Å²) in [7, 11) is 2.04. The van der Waals surface area contributed by atoms with E-state index in [1.54, 1.807) is 5.48 Å². The van der Waals surface area contributed by atoms with Gasteiger partial charge in [0, 0.05) is 26.2 Å². The molecule has 0 aromatic heterocycles. The van der Waals surface area contributed by atoms with Crippen LogP contribution >= 0.6 is 0 Å². The lowest BCUT2D eigenvalue weighted by molar-refractivity contribution is -0.142. The average molecular weight is 424 g/mol. The van der Waals surface area contributed by atoms with E-state index in [9.17, 15) is 9.59 Å². The Morgan fingerprint density at radius 1 is 1.03 bits per heavy atom. The van der Waals surface area contributed by atoms with Crippen molar-refractivity contribution in [1.29, 1.82) is 0 Å². The van der Waals surface area contributed by atoms with Gasteiger partial charge in [0.15, 0.2) is 0 Å². The summed E-state index contributed by atoms with van der Waals surface area (Å²) in [6.45, 7) is 3.47. The molecule has 1 saturated heterocycles. The number of carbonyl (C=O) groups is 2. The largest absolute Gasteiger partial charge is 0.489 e. The van der Waals surface area contributed by atoms with E-state index in [2.05, 4.69) is 4.90 Å². The first-order chi connectivity index (χ1) is 15.0. The minimum absolute atomic E-state index is 0.0126. The molecular weight excluding hydrogens is 394 g/mol.